The number of non-ortho nitro benzene ring substituents is 1. The van der Waals surface area contributed by atoms with Gasteiger partial charge in [0.25, 0.3) is 5.69 Å². The van der Waals surface area contributed by atoms with Crippen molar-refractivity contribution in [3.8, 4) is 0 Å². The average molecular weight is 334 g/mol. The number of halogens is 2. The molecule has 1 saturated heterocycles. The number of hydrogen-bond donors (Lipinski definition) is 0. The summed E-state index contributed by atoms with van der Waals surface area (Å²) < 4.78 is 0.690. The predicted octanol–water partition coefficient (Wildman–Crippen LogP) is 4.39. The van der Waals surface area contributed by atoms with Crippen LogP contribution in [0.25, 0.3) is 0 Å². The third kappa shape index (κ3) is 2.62. The van der Waals surface area contributed by atoms with Gasteiger partial charge >= 0.3 is 0 Å². The highest BCUT2D eigenvalue weighted by Gasteiger charge is 2.24. The maximum absolute atomic E-state index is 10.8. The monoisotopic (exact) mass is 332 g/mol. The molecule has 0 amide bonds. The number of nitro benzene ring substituents is 1. The maximum Gasteiger partial charge on any atom is 0.272 e. The second-order valence-corrected chi connectivity index (χ2v) is 5.81. The summed E-state index contributed by atoms with van der Waals surface area (Å²) in [6, 6.07) is 3.35. The Morgan fingerprint density at radius 3 is 2.78 bits per heavy atom. The van der Waals surface area contributed by atoms with E-state index in [1.54, 1.807) is 0 Å². The minimum atomic E-state index is -0.431. The van der Waals surface area contributed by atoms with E-state index in [9.17, 15) is 10.1 Å². The fraction of sp³-hybridized carbons (Fsp3) is 0.500. The van der Waals surface area contributed by atoms with Crippen molar-refractivity contribution in [2.24, 2.45) is 0 Å². The molecule has 0 bridgehead atoms. The molecule has 1 aromatic carbocycles. The van der Waals surface area contributed by atoms with Crippen molar-refractivity contribution in [3.63, 3.8) is 0 Å². The Bertz CT molecular complexity index is 458. The van der Waals surface area contributed by atoms with E-state index in [1.165, 1.54) is 18.6 Å². The van der Waals surface area contributed by atoms with Crippen LogP contribution in [-0.4, -0.2) is 17.5 Å². The van der Waals surface area contributed by atoms with Crippen LogP contribution in [0.15, 0.2) is 16.6 Å². The summed E-state index contributed by atoms with van der Waals surface area (Å²) in [7, 11) is 0. The molecule has 1 heterocycles. The van der Waals surface area contributed by atoms with Crippen molar-refractivity contribution in [3.05, 3.63) is 31.7 Å². The van der Waals surface area contributed by atoms with E-state index in [4.69, 9.17) is 11.6 Å². The van der Waals surface area contributed by atoms with E-state index in [0.717, 1.165) is 25.1 Å². The Hall–Kier alpha value is -0.810. The summed E-state index contributed by atoms with van der Waals surface area (Å²) in [5.41, 5.74) is 0.884. The van der Waals surface area contributed by atoms with Gasteiger partial charge in [0.1, 0.15) is 0 Å². The van der Waals surface area contributed by atoms with Crippen molar-refractivity contribution in [2.75, 3.05) is 11.4 Å². The number of anilines is 1. The van der Waals surface area contributed by atoms with Gasteiger partial charge in [-0.3, -0.25) is 10.1 Å². The zero-order valence-electron chi connectivity index (χ0n) is 10.0. The summed E-state index contributed by atoms with van der Waals surface area (Å²) in [6.45, 7) is 3.10. The van der Waals surface area contributed by atoms with E-state index in [-0.39, 0.29) is 5.69 Å². The SMILES string of the molecule is C[C@@H]1CCCCN1c1c(Cl)cc([N+](=O)[O-])cc1Br. The molecule has 1 aromatic rings. The standard InChI is InChI=1S/C12H14BrClN2O2/c1-8-4-2-3-5-15(8)12-10(13)6-9(16(17)18)7-11(12)14/h6-8H,2-5H2,1H3/t8-/m1/s1. The fourth-order valence-corrected chi connectivity index (χ4v) is 3.47. The first kappa shape index (κ1) is 13.6. The average Bonchev–Trinajstić information content (AvgIpc) is 2.30. The molecule has 0 radical (unpaired) electrons. The highest BCUT2D eigenvalue weighted by Crippen LogP contribution is 2.40. The Labute approximate surface area is 119 Å². The van der Waals surface area contributed by atoms with Gasteiger partial charge in [0.15, 0.2) is 0 Å². The van der Waals surface area contributed by atoms with Crippen LogP contribution in [0.5, 0.6) is 0 Å². The number of rotatable bonds is 2. The van der Waals surface area contributed by atoms with Gasteiger partial charge in [-0.05, 0) is 42.1 Å². The molecular weight excluding hydrogens is 320 g/mol. The van der Waals surface area contributed by atoms with Crippen LogP contribution in [0.1, 0.15) is 26.2 Å². The number of hydrogen-bond acceptors (Lipinski definition) is 3. The van der Waals surface area contributed by atoms with Gasteiger partial charge in [-0.15, -0.1) is 0 Å². The highest BCUT2D eigenvalue weighted by molar-refractivity contribution is 9.10. The van der Waals surface area contributed by atoms with Gasteiger partial charge in [0.2, 0.25) is 0 Å². The quantitative estimate of drug-likeness (QED) is 0.595. The summed E-state index contributed by atoms with van der Waals surface area (Å²) >= 11 is 9.60. The molecule has 0 aromatic heterocycles. The zero-order chi connectivity index (χ0) is 13.3. The number of nitrogens with zero attached hydrogens (tertiary/aromatic N) is 2. The molecule has 0 N–H and O–H groups in total. The predicted molar refractivity (Wildman–Crippen MR) is 76.5 cm³/mol. The molecular formula is C12H14BrClN2O2. The number of nitro groups is 1. The molecule has 1 aliphatic rings. The summed E-state index contributed by atoms with van der Waals surface area (Å²) in [6.07, 6.45) is 3.48. The Balaban J connectivity index is 2.41. The molecule has 1 aliphatic heterocycles. The Morgan fingerprint density at radius 1 is 1.50 bits per heavy atom. The first-order chi connectivity index (χ1) is 8.50. The fourth-order valence-electron chi connectivity index (χ4n) is 2.36. The van der Waals surface area contributed by atoms with E-state index in [2.05, 4.69) is 27.8 Å². The second kappa shape index (κ2) is 5.45. The van der Waals surface area contributed by atoms with E-state index in [1.807, 2.05) is 0 Å². The van der Waals surface area contributed by atoms with E-state index < -0.39 is 4.92 Å². The summed E-state index contributed by atoms with van der Waals surface area (Å²) in [5, 5.41) is 11.2. The van der Waals surface area contributed by atoms with Crippen molar-refractivity contribution in [1.29, 1.82) is 0 Å². The van der Waals surface area contributed by atoms with Crippen LogP contribution in [0.2, 0.25) is 5.02 Å². The lowest BCUT2D eigenvalue weighted by molar-refractivity contribution is -0.384. The van der Waals surface area contributed by atoms with Crippen molar-refractivity contribution < 1.29 is 4.92 Å². The van der Waals surface area contributed by atoms with Crippen LogP contribution in [-0.2, 0) is 0 Å². The normalized spacial score (nSPS) is 19.9. The van der Waals surface area contributed by atoms with Crippen LogP contribution in [0.4, 0.5) is 11.4 Å². The molecule has 4 nitrogen and oxygen atoms in total. The first-order valence-corrected chi connectivity index (χ1v) is 7.08. The minimum absolute atomic E-state index is 0.0142. The van der Waals surface area contributed by atoms with Crippen LogP contribution >= 0.6 is 27.5 Å². The lowest BCUT2D eigenvalue weighted by Crippen LogP contribution is -2.37. The van der Waals surface area contributed by atoms with Gasteiger partial charge in [-0.25, -0.2) is 0 Å². The molecule has 0 saturated carbocycles. The highest BCUT2D eigenvalue weighted by atomic mass is 79.9. The first-order valence-electron chi connectivity index (χ1n) is 5.91. The van der Waals surface area contributed by atoms with Crippen molar-refractivity contribution in [1.82, 2.24) is 0 Å². The summed E-state index contributed by atoms with van der Waals surface area (Å²) in [5.74, 6) is 0. The van der Waals surface area contributed by atoms with E-state index >= 15 is 0 Å². The molecule has 1 atom stereocenters. The van der Waals surface area contributed by atoms with Crippen LogP contribution in [0.3, 0.4) is 0 Å². The Kier molecular flexibility index (Phi) is 4.12. The van der Waals surface area contributed by atoms with Crippen molar-refractivity contribution >= 4 is 38.9 Å². The minimum Gasteiger partial charge on any atom is -0.367 e. The number of piperidine rings is 1. The summed E-state index contributed by atoms with van der Waals surface area (Å²) in [4.78, 5) is 12.6. The smallest absolute Gasteiger partial charge is 0.272 e. The van der Waals surface area contributed by atoms with Gasteiger partial charge < -0.3 is 4.90 Å². The third-order valence-corrected chi connectivity index (χ3v) is 4.20. The molecule has 98 valence electrons. The van der Waals surface area contributed by atoms with Crippen molar-refractivity contribution in [2.45, 2.75) is 32.2 Å². The molecule has 2 rings (SSSR count). The lowest BCUT2D eigenvalue weighted by Gasteiger charge is -2.36. The molecule has 1 fully saturated rings. The lowest BCUT2D eigenvalue weighted by atomic mass is 10.0. The third-order valence-electron chi connectivity index (χ3n) is 3.30. The molecule has 0 spiro atoms. The van der Waals surface area contributed by atoms with E-state index in [0.29, 0.717) is 15.5 Å². The molecule has 6 heteroatoms. The largest absolute Gasteiger partial charge is 0.367 e. The number of benzene rings is 1. The topological polar surface area (TPSA) is 46.4 Å². The van der Waals surface area contributed by atoms with Crippen LogP contribution < -0.4 is 4.90 Å². The molecule has 0 aliphatic carbocycles. The van der Waals surface area contributed by atoms with Gasteiger partial charge in [0.05, 0.1) is 15.6 Å². The van der Waals surface area contributed by atoms with Gasteiger partial charge in [0, 0.05) is 29.2 Å². The second-order valence-electron chi connectivity index (χ2n) is 4.55. The van der Waals surface area contributed by atoms with Crippen LogP contribution in [0, 0.1) is 10.1 Å². The Morgan fingerprint density at radius 2 is 2.22 bits per heavy atom. The molecule has 18 heavy (non-hydrogen) atoms. The zero-order valence-corrected chi connectivity index (χ0v) is 12.4. The maximum atomic E-state index is 10.8. The van der Waals surface area contributed by atoms with Gasteiger partial charge in [-0.2, -0.15) is 0 Å². The van der Waals surface area contributed by atoms with Gasteiger partial charge in [-0.1, -0.05) is 11.6 Å². The molecule has 0 unspecified atom stereocenters.